The van der Waals surface area contributed by atoms with E-state index in [9.17, 15) is 4.79 Å². The Labute approximate surface area is 127 Å². The summed E-state index contributed by atoms with van der Waals surface area (Å²) in [5.41, 5.74) is 1.26. The van der Waals surface area contributed by atoms with Crippen LogP contribution in [0.4, 0.5) is 5.69 Å². The summed E-state index contributed by atoms with van der Waals surface area (Å²) in [6, 6.07) is 7.19. The number of carbonyl (C=O) groups is 1. The Balaban J connectivity index is 1.92. The van der Waals surface area contributed by atoms with Crippen LogP contribution in [0.2, 0.25) is 0 Å². The van der Waals surface area contributed by atoms with E-state index >= 15 is 0 Å². The lowest BCUT2D eigenvalue weighted by Crippen LogP contribution is -2.35. The molecule has 0 unspecified atom stereocenters. The van der Waals surface area contributed by atoms with Crippen molar-refractivity contribution >= 4 is 27.5 Å². The zero-order chi connectivity index (χ0) is 14.4. The maximum absolute atomic E-state index is 12.0. The smallest absolute Gasteiger partial charge is 0.238 e. The number of amides is 1. The molecule has 6 heteroatoms. The number of nitriles is 1. The molecule has 1 aromatic carbocycles. The van der Waals surface area contributed by atoms with Gasteiger partial charge in [-0.15, -0.1) is 0 Å². The first-order valence-electron chi connectivity index (χ1n) is 6.61. The van der Waals surface area contributed by atoms with Gasteiger partial charge in [0.25, 0.3) is 0 Å². The first-order chi connectivity index (χ1) is 9.69. The van der Waals surface area contributed by atoms with Crippen LogP contribution >= 0.6 is 15.9 Å². The summed E-state index contributed by atoms with van der Waals surface area (Å²) < 4.78 is 0.724. The number of hydrogen-bond donors (Lipinski definition) is 2. The number of carbonyl (C=O) groups excluding carboxylic acids is 1. The van der Waals surface area contributed by atoms with E-state index in [0.29, 0.717) is 17.8 Å². The molecule has 0 aliphatic carbocycles. The van der Waals surface area contributed by atoms with Gasteiger partial charge in [-0.1, -0.05) is 0 Å². The lowest BCUT2D eigenvalue weighted by molar-refractivity contribution is -0.117. The molecule has 1 heterocycles. The molecule has 20 heavy (non-hydrogen) atoms. The lowest BCUT2D eigenvalue weighted by atomic mass is 10.2. The van der Waals surface area contributed by atoms with Crippen molar-refractivity contribution in [2.45, 2.75) is 6.42 Å². The fourth-order valence-corrected chi connectivity index (χ4v) is 2.62. The molecule has 0 saturated carbocycles. The van der Waals surface area contributed by atoms with Crippen molar-refractivity contribution in [3.63, 3.8) is 0 Å². The molecule has 1 amide bonds. The van der Waals surface area contributed by atoms with Crippen LogP contribution in [0.1, 0.15) is 12.0 Å². The average molecular weight is 337 g/mol. The highest BCUT2D eigenvalue weighted by atomic mass is 79.9. The summed E-state index contributed by atoms with van der Waals surface area (Å²) in [5.74, 6) is -0.0303. The molecular weight excluding hydrogens is 320 g/mol. The van der Waals surface area contributed by atoms with E-state index in [1.54, 1.807) is 18.2 Å². The second kappa shape index (κ2) is 7.39. The molecule has 106 valence electrons. The van der Waals surface area contributed by atoms with Crippen LogP contribution in [-0.2, 0) is 4.79 Å². The zero-order valence-corrected chi connectivity index (χ0v) is 12.7. The zero-order valence-electron chi connectivity index (χ0n) is 11.2. The minimum absolute atomic E-state index is 0.0303. The van der Waals surface area contributed by atoms with Crippen molar-refractivity contribution in [1.82, 2.24) is 10.2 Å². The van der Waals surface area contributed by atoms with Crippen molar-refractivity contribution in [3.8, 4) is 6.07 Å². The lowest BCUT2D eigenvalue weighted by Gasteiger charge is -2.18. The van der Waals surface area contributed by atoms with Crippen molar-refractivity contribution in [2.75, 3.05) is 38.0 Å². The minimum atomic E-state index is -0.0303. The summed E-state index contributed by atoms with van der Waals surface area (Å²) in [6.07, 6.45) is 1.06. The largest absolute Gasteiger partial charge is 0.324 e. The molecule has 1 aliphatic heterocycles. The Morgan fingerprint density at radius 2 is 2.30 bits per heavy atom. The molecule has 0 radical (unpaired) electrons. The Kier molecular flexibility index (Phi) is 5.53. The van der Waals surface area contributed by atoms with Crippen LogP contribution in [0.5, 0.6) is 0 Å². The molecule has 0 spiro atoms. The third kappa shape index (κ3) is 4.30. The van der Waals surface area contributed by atoms with Gasteiger partial charge in [0.1, 0.15) is 0 Å². The number of halogens is 1. The minimum Gasteiger partial charge on any atom is -0.324 e. The van der Waals surface area contributed by atoms with Gasteiger partial charge in [0, 0.05) is 17.6 Å². The molecule has 0 atom stereocenters. The SMILES string of the molecule is N#Cc1ccc(NC(=O)CN2CCCNCC2)c(Br)c1. The third-order valence-corrected chi connectivity index (χ3v) is 3.83. The first-order valence-corrected chi connectivity index (χ1v) is 7.41. The Bertz CT molecular complexity index is 518. The monoisotopic (exact) mass is 336 g/mol. The van der Waals surface area contributed by atoms with E-state index in [1.165, 1.54) is 0 Å². The summed E-state index contributed by atoms with van der Waals surface area (Å²) in [4.78, 5) is 14.2. The molecular formula is C14H17BrN4O. The number of nitrogens with one attached hydrogen (secondary N) is 2. The molecule has 5 nitrogen and oxygen atoms in total. The van der Waals surface area contributed by atoms with Gasteiger partial charge in [0.15, 0.2) is 0 Å². The summed E-state index contributed by atoms with van der Waals surface area (Å²) >= 11 is 3.36. The summed E-state index contributed by atoms with van der Waals surface area (Å²) in [7, 11) is 0. The third-order valence-electron chi connectivity index (χ3n) is 3.17. The van der Waals surface area contributed by atoms with E-state index in [2.05, 4.69) is 37.5 Å². The number of rotatable bonds is 3. The van der Waals surface area contributed by atoms with Crippen LogP contribution < -0.4 is 10.6 Å². The normalized spacial score (nSPS) is 16.2. The van der Waals surface area contributed by atoms with E-state index < -0.39 is 0 Å². The van der Waals surface area contributed by atoms with Gasteiger partial charge in [-0.25, -0.2) is 0 Å². The van der Waals surface area contributed by atoms with Gasteiger partial charge in [-0.05, 0) is 53.6 Å². The maximum atomic E-state index is 12.0. The van der Waals surface area contributed by atoms with E-state index in [0.717, 1.165) is 37.1 Å². The maximum Gasteiger partial charge on any atom is 0.238 e. The average Bonchev–Trinajstić information content (AvgIpc) is 2.69. The molecule has 2 rings (SSSR count). The predicted octanol–water partition coefficient (Wildman–Crippen LogP) is 1.55. The highest BCUT2D eigenvalue weighted by molar-refractivity contribution is 9.10. The second-order valence-electron chi connectivity index (χ2n) is 4.73. The number of nitrogens with zero attached hydrogens (tertiary/aromatic N) is 2. The molecule has 1 saturated heterocycles. The van der Waals surface area contributed by atoms with Crippen molar-refractivity contribution in [1.29, 1.82) is 5.26 Å². The summed E-state index contributed by atoms with van der Waals surface area (Å²) in [6.45, 7) is 4.16. The van der Waals surface area contributed by atoms with Crippen LogP contribution in [0, 0.1) is 11.3 Å². The quantitative estimate of drug-likeness (QED) is 0.878. The summed E-state index contributed by atoms with van der Waals surface area (Å²) in [5, 5.41) is 15.0. The fraction of sp³-hybridized carbons (Fsp3) is 0.429. The van der Waals surface area contributed by atoms with Gasteiger partial charge >= 0.3 is 0 Å². The van der Waals surface area contributed by atoms with Crippen molar-refractivity contribution in [3.05, 3.63) is 28.2 Å². The van der Waals surface area contributed by atoms with Crippen LogP contribution in [0.25, 0.3) is 0 Å². The van der Waals surface area contributed by atoms with E-state index in [4.69, 9.17) is 5.26 Å². The van der Waals surface area contributed by atoms with E-state index in [-0.39, 0.29) is 5.91 Å². The highest BCUT2D eigenvalue weighted by Gasteiger charge is 2.13. The van der Waals surface area contributed by atoms with E-state index in [1.807, 2.05) is 0 Å². The predicted molar refractivity (Wildman–Crippen MR) is 81.4 cm³/mol. The first kappa shape index (κ1) is 15.0. The molecule has 2 N–H and O–H groups in total. The van der Waals surface area contributed by atoms with Gasteiger partial charge in [0.2, 0.25) is 5.91 Å². The fourth-order valence-electron chi connectivity index (χ4n) is 2.14. The number of anilines is 1. The van der Waals surface area contributed by atoms with Gasteiger partial charge < -0.3 is 10.6 Å². The molecule has 0 aromatic heterocycles. The van der Waals surface area contributed by atoms with Crippen molar-refractivity contribution < 1.29 is 4.79 Å². The van der Waals surface area contributed by atoms with Crippen LogP contribution in [0.15, 0.2) is 22.7 Å². The standard InChI is InChI=1S/C14H17BrN4O/c15-12-8-11(9-16)2-3-13(12)18-14(20)10-19-6-1-4-17-5-7-19/h2-3,8,17H,1,4-7,10H2,(H,18,20). The number of benzene rings is 1. The number of hydrogen-bond acceptors (Lipinski definition) is 4. The molecule has 1 aliphatic rings. The Morgan fingerprint density at radius 3 is 3.05 bits per heavy atom. The van der Waals surface area contributed by atoms with Crippen molar-refractivity contribution in [2.24, 2.45) is 0 Å². The highest BCUT2D eigenvalue weighted by Crippen LogP contribution is 2.23. The topological polar surface area (TPSA) is 68.2 Å². The van der Waals surface area contributed by atoms with Gasteiger partial charge in [-0.2, -0.15) is 5.26 Å². The van der Waals surface area contributed by atoms with Crippen LogP contribution in [-0.4, -0.2) is 43.5 Å². The molecule has 0 bridgehead atoms. The second-order valence-corrected chi connectivity index (χ2v) is 5.59. The van der Waals surface area contributed by atoms with Crippen LogP contribution in [0.3, 0.4) is 0 Å². The van der Waals surface area contributed by atoms with Gasteiger partial charge in [0.05, 0.1) is 23.9 Å². The van der Waals surface area contributed by atoms with Gasteiger partial charge in [-0.3, -0.25) is 9.69 Å². The Morgan fingerprint density at radius 1 is 1.45 bits per heavy atom. The molecule has 1 fully saturated rings. The molecule has 1 aromatic rings. The Hall–Kier alpha value is -1.42.